The molecule has 0 aromatic heterocycles. The molecule has 1 aromatic rings. The van der Waals surface area contributed by atoms with Crippen molar-refractivity contribution < 1.29 is 9.59 Å². The van der Waals surface area contributed by atoms with Gasteiger partial charge in [-0.2, -0.15) is 0 Å². The molecule has 2 heterocycles. The van der Waals surface area contributed by atoms with Gasteiger partial charge in [-0.15, -0.1) is 0 Å². The molecular weight excluding hydrogens is 326 g/mol. The summed E-state index contributed by atoms with van der Waals surface area (Å²) in [6.07, 6.45) is 6.31. The molecule has 0 atom stereocenters. The monoisotopic (exact) mass is 357 g/mol. The molecular formula is C21H31N3O2. The van der Waals surface area contributed by atoms with E-state index < -0.39 is 0 Å². The number of nitrogens with zero attached hydrogens (tertiary/aromatic N) is 2. The lowest BCUT2D eigenvalue weighted by atomic mass is 9.99. The van der Waals surface area contributed by atoms with Gasteiger partial charge in [-0.25, -0.2) is 0 Å². The third-order valence-electron chi connectivity index (χ3n) is 5.58. The van der Waals surface area contributed by atoms with Crippen LogP contribution in [0.5, 0.6) is 0 Å². The van der Waals surface area contributed by atoms with Gasteiger partial charge in [0.1, 0.15) is 0 Å². The third kappa shape index (κ3) is 5.07. The zero-order valence-electron chi connectivity index (χ0n) is 15.9. The first-order valence-corrected chi connectivity index (χ1v) is 10.0. The molecule has 1 N–H and O–H groups in total. The zero-order valence-corrected chi connectivity index (χ0v) is 15.9. The van der Waals surface area contributed by atoms with Crippen molar-refractivity contribution in [1.29, 1.82) is 0 Å². The van der Waals surface area contributed by atoms with E-state index in [9.17, 15) is 9.59 Å². The SMILES string of the molecule is CC1CCN(CCCCNC(=O)c2ccc(N3CCCC3=O)cc2)CC1. The highest BCUT2D eigenvalue weighted by atomic mass is 16.2. The highest BCUT2D eigenvalue weighted by molar-refractivity contribution is 5.97. The molecule has 2 aliphatic heterocycles. The molecule has 0 radical (unpaired) electrons. The number of hydrogen-bond donors (Lipinski definition) is 1. The number of benzene rings is 1. The molecule has 0 saturated carbocycles. The number of rotatable bonds is 7. The maximum absolute atomic E-state index is 12.2. The van der Waals surface area contributed by atoms with Crippen LogP contribution in [0.1, 0.15) is 55.8 Å². The second-order valence-electron chi connectivity index (χ2n) is 7.68. The van der Waals surface area contributed by atoms with Gasteiger partial charge < -0.3 is 15.1 Å². The number of amides is 2. The minimum Gasteiger partial charge on any atom is -0.352 e. The Morgan fingerprint density at radius 3 is 2.50 bits per heavy atom. The second kappa shape index (κ2) is 9.17. The van der Waals surface area contributed by atoms with Crippen LogP contribution in [0, 0.1) is 5.92 Å². The summed E-state index contributed by atoms with van der Waals surface area (Å²) in [4.78, 5) is 28.3. The van der Waals surface area contributed by atoms with Gasteiger partial charge in [0.2, 0.25) is 5.91 Å². The summed E-state index contributed by atoms with van der Waals surface area (Å²) in [5.41, 5.74) is 1.55. The topological polar surface area (TPSA) is 52.7 Å². The molecule has 26 heavy (non-hydrogen) atoms. The second-order valence-corrected chi connectivity index (χ2v) is 7.68. The van der Waals surface area contributed by atoms with Crippen LogP contribution in [0.15, 0.2) is 24.3 Å². The average molecular weight is 357 g/mol. The Kier molecular flexibility index (Phi) is 6.67. The molecule has 2 amide bonds. The van der Waals surface area contributed by atoms with Crippen LogP contribution in [0.25, 0.3) is 0 Å². The zero-order chi connectivity index (χ0) is 18.4. The highest BCUT2D eigenvalue weighted by Gasteiger charge is 2.21. The van der Waals surface area contributed by atoms with Gasteiger partial charge in [0.05, 0.1) is 0 Å². The molecule has 1 aromatic carbocycles. The number of piperidine rings is 1. The van der Waals surface area contributed by atoms with E-state index in [0.717, 1.165) is 50.5 Å². The van der Waals surface area contributed by atoms with E-state index in [4.69, 9.17) is 0 Å². The van der Waals surface area contributed by atoms with Crippen molar-refractivity contribution in [2.45, 2.75) is 45.4 Å². The Bertz CT molecular complexity index is 606. The first-order valence-electron chi connectivity index (χ1n) is 10.0. The lowest BCUT2D eigenvalue weighted by molar-refractivity contribution is -0.117. The summed E-state index contributed by atoms with van der Waals surface area (Å²) in [5, 5.41) is 3.00. The summed E-state index contributed by atoms with van der Waals surface area (Å²) in [6, 6.07) is 7.36. The van der Waals surface area contributed by atoms with Crippen molar-refractivity contribution in [3.05, 3.63) is 29.8 Å². The van der Waals surface area contributed by atoms with Crippen LogP contribution in [0.2, 0.25) is 0 Å². The number of hydrogen-bond acceptors (Lipinski definition) is 3. The predicted octanol–water partition coefficient (Wildman–Crippen LogP) is 3.06. The van der Waals surface area contributed by atoms with Crippen molar-refractivity contribution in [1.82, 2.24) is 10.2 Å². The summed E-state index contributed by atoms with van der Waals surface area (Å²) in [6.45, 7) is 7.41. The number of carbonyl (C=O) groups is 2. The minimum atomic E-state index is -0.0314. The van der Waals surface area contributed by atoms with Gasteiger partial charge >= 0.3 is 0 Å². The lowest BCUT2D eigenvalue weighted by Crippen LogP contribution is -2.34. The number of likely N-dealkylation sites (tertiary alicyclic amines) is 1. The normalized spacial score (nSPS) is 19.1. The van der Waals surface area contributed by atoms with E-state index in [-0.39, 0.29) is 11.8 Å². The summed E-state index contributed by atoms with van der Waals surface area (Å²) in [7, 11) is 0. The molecule has 0 spiro atoms. The predicted molar refractivity (Wildman–Crippen MR) is 104 cm³/mol. The molecule has 5 heteroatoms. The molecule has 2 saturated heterocycles. The smallest absolute Gasteiger partial charge is 0.251 e. The lowest BCUT2D eigenvalue weighted by Gasteiger charge is -2.30. The fraction of sp³-hybridized carbons (Fsp3) is 0.619. The van der Waals surface area contributed by atoms with E-state index >= 15 is 0 Å². The van der Waals surface area contributed by atoms with Crippen molar-refractivity contribution in [2.24, 2.45) is 5.92 Å². The average Bonchev–Trinajstić information content (AvgIpc) is 3.09. The molecule has 0 unspecified atom stereocenters. The highest BCUT2D eigenvalue weighted by Crippen LogP contribution is 2.21. The standard InChI is InChI=1S/C21H31N3O2/c1-17-10-15-23(16-11-17)13-3-2-12-22-21(26)18-6-8-19(9-7-18)24-14-4-5-20(24)25/h6-9,17H,2-5,10-16H2,1H3,(H,22,26). The molecule has 2 fully saturated rings. The number of unbranched alkanes of at least 4 members (excludes halogenated alkanes) is 1. The van der Waals surface area contributed by atoms with Crippen LogP contribution in [0.4, 0.5) is 5.69 Å². The van der Waals surface area contributed by atoms with E-state index in [1.807, 2.05) is 24.3 Å². The maximum Gasteiger partial charge on any atom is 0.251 e. The summed E-state index contributed by atoms with van der Waals surface area (Å²) < 4.78 is 0. The Morgan fingerprint density at radius 2 is 1.85 bits per heavy atom. The molecule has 3 rings (SSSR count). The fourth-order valence-corrected chi connectivity index (χ4v) is 3.76. The van der Waals surface area contributed by atoms with Gasteiger partial charge in [-0.3, -0.25) is 9.59 Å². The van der Waals surface area contributed by atoms with Crippen LogP contribution in [0.3, 0.4) is 0 Å². The quantitative estimate of drug-likeness (QED) is 0.763. The van der Waals surface area contributed by atoms with Gasteiger partial charge in [0.25, 0.3) is 5.91 Å². The Morgan fingerprint density at radius 1 is 1.12 bits per heavy atom. The molecule has 142 valence electrons. The van der Waals surface area contributed by atoms with Crippen molar-refractivity contribution in [3.8, 4) is 0 Å². The number of anilines is 1. The first kappa shape index (κ1) is 18.9. The van der Waals surface area contributed by atoms with Gasteiger partial charge in [-0.05, 0) is 81.9 Å². The Labute approximate surface area is 156 Å². The van der Waals surface area contributed by atoms with E-state index in [1.165, 1.54) is 25.9 Å². The van der Waals surface area contributed by atoms with Crippen LogP contribution >= 0.6 is 0 Å². The summed E-state index contributed by atoms with van der Waals surface area (Å²) >= 11 is 0. The van der Waals surface area contributed by atoms with E-state index in [1.54, 1.807) is 4.90 Å². The first-order chi connectivity index (χ1) is 12.6. The maximum atomic E-state index is 12.2. The van der Waals surface area contributed by atoms with Crippen LogP contribution in [-0.4, -0.2) is 49.4 Å². The summed E-state index contributed by atoms with van der Waals surface area (Å²) in [5.74, 6) is 1.02. The number of nitrogens with one attached hydrogen (secondary N) is 1. The van der Waals surface area contributed by atoms with Gasteiger partial charge in [0.15, 0.2) is 0 Å². The third-order valence-corrected chi connectivity index (χ3v) is 5.58. The van der Waals surface area contributed by atoms with Crippen molar-refractivity contribution in [2.75, 3.05) is 37.6 Å². The molecule has 2 aliphatic rings. The molecule has 0 aliphatic carbocycles. The molecule has 5 nitrogen and oxygen atoms in total. The van der Waals surface area contributed by atoms with Crippen molar-refractivity contribution >= 4 is 17.5 Å². The minimum absolute atomic E-state index is 0.0314. The van der Waals surface area contributed by atoms with Crippen LogP contribution in [-0.2, 0) is 4.79 Å². The molecule has 0 bridgehead atoms. The van der Waals surface area contributed by atoms with E-state index in [2.05, 4.69) is 17.1 Å². The Balaban J connectivity index is 1.35. The Hall–Kier alpha value is -1.88. The van der Waals surface area contributed by atoms with E-state index in [0.29, 0.717) is 12.0 Å². The van der Waals surface area contributed by atoms with Gasteiger partial charge in [-0.1, -0.05) is 6.92 Å². The number of carbonyl (C=O) groups excluding carboxylic acids is 2. The van der Waals surface area contributed by atoms with Gasteiger partial charge in [0, 0.05) is 30.8 Å². The fourth-order valence-electron chi connectivity index (χ4n) is 3.76. The largest absolute Gasteiger partial charge is 0.352 e. The van der Waals surface area contributed by atoms with Crippen LogP contribution < -0.4 is 10.2 Å². The van der Waals surface area contributed by atoms with Crippen molar-refractivity contribution in [3.63, 3.8) is 0 Å².